The maximum atomic E-state index is 13.3. The van der Waals surface area contributed by atoms with E-state index < -0.39 is 0 Å². The SMILES string of the molecule is COc1cc2c(cc1N)-c1c(-c3cccs3)nc(C(=O)N(C)C(C)(C)C)n1CC2. The van der Waals surface area contributed by atoms with E-state index in [1.165, 1.54) is 0 Å². The van der Waals surface area contributed by atoms with Gasteiger partial charge in [0.1, 0.15) is 11.4 Å². The molecule has 0 unspecified atom stereocenters. The number of nitrogens with two attached hydrogens (primary N) is 1. The number of aryl methyl sites for hydroxylation is 1. The van der Waals surface area contributed by atoms with Gasteiger partial charge in [-0.15, -0.1) is 11.3 Å². The molecule has 0 spiro atoms. The number of thiophene rings is 1. The number of carbonyl (C=O) groups is 1. The van der Waals surface area contributed by atoms with Crippen molar-refractivity contribution < 1.29 is 9.53 Å². The zero-order valence-corrected chi connectivity index (χ0v) is 18.3. The number of nitrogen functional groups attached to an aromatic ring is 1. The van der Waals surface area contributed by atoms with E-state index >= 15 is 0 Å². The van der Waals surface area contributed by atoms with Crippen LogP contribution in [0, 0.1) is 0 Å². The number of imidazole rings is 1. The molecular weight excluding hydrogens is 384 g/mol. The van der Waals surface area contributed by atoms with E-state index in [9.17, 15) is 4.79 Å². The number of methoxy groups -OCH3 is 1. The number of amides is 1. The van der Waals surface area contributed by atoms with Crippen molar-refractivity contribution in [3.8, 4) is 27.6 Å². The van der Waals surface area contributed by atoms with Crippen LogP contribution in [0.2, 0.25) is 0 Å². The Morgan fingerprint density at radius 2 is 2.10 bits per heavy atom. The molecule has 6 nitrogen and oxygen atoms in total. The zero-order chi connectivity index (χ0) is 20.9. The van der Waals surface area contributed by atoms with Gasteiger partial charge in [-0.2, -0.15) is 0 Å². The lowest BCUT2D eigenvalue weighted by molar-refractivity contribution is 0.0638. The van der Waals surface area contributed by atoms with Crippen molar-refractivity contribution in [2.75, 3.05) is 19.9 Å². The van der Waals surface area contributed by atoms with Crippen LogP contribution in [0.4, 0.5) is 5.69 Å². The van der Waals surface area contributed by atoms with Gasteiger partial charge in [-0.25, -0.2) is 4.98 Å². The van der Waals surface area contributed by atoms with Crippen molar-refractivity contribution in [3.63, 3.8) is 0 Å². The standard InChI is InChI=1S/C22H26N4O2S/c1-22(2,3)25(4)21(27)20-24-18(17-7-6-10-29-17)19-14-12-15(23)16(28-5)11-13(14)8-9-26(19)20/h6-7,10-12H,8-9,23H2,1-5H3. The molecule has 3 heterocycles. The minimum atomic E-state index is -0.295. The van der Waals surface area contributed by atoms with Crippen molar-refractivity contribution >= 4 is 22.9 Å². The van der Waals surface area contributed by atoms with Crippen LogP contribution in [-0.2, 0) is 13.0 Å². The molecule has 2 aromatic heterocycles. The van der Waals surface area contributed by atoms with Crippen molar-refractivity contribution in [1.82, 2.24) is 14.5 Å². The number of ether oxygens (including phenoxy) is 1. The molecule has 152 valence electrons. The quantitative estimate of drug-likeness (QED) is 0.654. The van der Waals surface area contributed by atoms with Crippen LogP contribution in [0.5, 0.6) is 5.75 Å². The average Bonchev–Trinajstić information content (AvgIpc) is 3.33. The Hall–Kier alpha value is -2.80. The highest BCUT2D eigenvalue weighted by Crippen LogP contribution is 2.42. The second-order valence-electron chi connectivity index (χ2n) is 8.30. The summed E-state index contributed by atoms with van der Waals surface area (Å²) in [6.07, 6.45) is 0.790. The summed E-state index contributed by atoms with van der Waals surface area (Å²) in [6.45, 7) is 6.75. The number of hydrogen-bond donors (Lipinski definition) is 1. The zero-order valence-electron chi connectivity index (χ0n) is 17.4. The number of aromatic nitrogens is 2. The Balaban J connectivity index is 1.95. The average molecular weight is 411 g/mol. The van der Waals surface area contributed by atoms with Crippen LogP contribution in [0.3, 0.4) is 0 Å². The Bertz CT molecular complexity index is 1080. The third kappa shape index (κ3) is 3.19. The predicted molar refractivity (Wildman–Crippen MR) is 117 cm³/mol. The van der Waals surface area contributed by atoms with E-state index in [-0.39, 0.29) is 11.4 Å². The molecule has 0 saturated heterocycles. The monoisotopic (exact) mass is 410 g/mol. The van der Waals surface area contributed by atoms with Crippen LogP contribution in [0.1, 0.15) is 37.0 Å². The van der Waals surface area contributed by atoms with E-state index in [1.54, 1.807) is 23.3 Å². The summed E-state index contributed by atoms with van der Waals surface area (Å²) in [5.74, 6) is 1.07. The van der Waals surface area contributed by atoms with Crippen molar-refractivity contribution in [2.24, 2.45) is 0 Å². The molecule has 7 heteroatoms. The normalized spacial score (nSPS) is 13.0. The Morgan fingerprint density at radius 1 is 1.34 bits per heavy atom. The number of nitrogens with zero attached hydrogens (tertiary/aromatic N) is 3. The van der Waals surface area contributed by atoms with E-state index in [0.717, 1.165) is 33.8 Å². The molecule has 1 amide bonds. The molecule has 0 fully saturated rings. The van der Waals surface area contributed by atoms with Crippen LogP contribution in [0.25, 0.3) is 21.8 Å². The molecule has 1 aromatic carbocycles. The van der Waals surface area contributed by atoms with Gasteiger partial charge in [0.25, 0.3) is 5.91 Å². The Kier molecular flexibility index (Phi) is 4.65. The van der Waals surface area contributed by atoms with Crippen LogP contribution in [-0.4, -0.2) is 40.1 Å². The topological polar surface area (TPSA) is 73.4 Å². The van der Waals surface area contributed by atoms with E-state index in [0.29, 0.717) is 23.8 Å². The summed E-state index contributed by atoms with van der Waals surface area (Å²) >= 11 is 1.62. The Labute approximate surface area is 174 Å². The fourth-order valence-corrected chi connectivity index (χ4v) is 4.34. The van der Waals surface area contributed by atoms with E-state index in [2.05, 4.69) is 0 Å². The smallest absolute Gasteiger partial charge is 0.290 e. The van der Waals surface area contributed by atoms with Gasteiger partial charge >= 0.3 is 0 Å². The third-order valence-corrected chi connectivity index (χ3v) is 6.42. The summed E-state index contributed by atoms with van der Waals surface area (Å²) in [5, 5.41) is 2.02. The highest BCUT2D eigenvalue weighted by atomic mass is 32.1. The maximum absolute atomic E-state index is 13.3. The molecule has 1 aliphatic heterocycles. The summed E-state index contributed by atoms with van der Waals surface area (Å²) in [7, 11) is 3.45. The molecule has 1 aliphatic rings. The number of rotatable bonds is 3. The number of fused-ring (bicyclic) bond motifs is 3. The van der Waals surface area contributed by atoms with Gasteiger partial charge in [0.2, 0.25) is 0 Å². The summed E-state index contributed by atoms with van der Waals surface area (Å²) in [6, 6.07) is 7.99. The lowest BCUT2D eigenvalue weighted by atomic mass is 9.95. The van der Waals surface area contributed by atoms with E-state index in [4.69, 9.17) is 15.5 Å². The molecule has 0 atom stereocenters. The molecule has 29 heavy (non-hydrogen) atoms. The second kappa shape index (κ2) is 6.91. The second-order valence-corrected chi connectivity index (χ2v) is 9.25. The minimum absolute atomic E-state index is 0.0773. The summed E-state index contributed by atoms with van der Waals surface area (Å²) in [4.78, 5) is 21.0. The molecular formula is C22H26N4O2S. The van der Waals surface area contributed by atoms with Gasteiger partial charge in [-0.3, -0.25) is 4.79 Å². The largest absolute Gasteiger partial charge is 0.495 e. The number of benzene rings is 1. The molecule has 0 saturated carbocycles. The number of anilines is 1. The van der Waals surface area contributed by atoms with Gasteiger partial charge in [0.05, 0.1) is 23.4 Å². The highest BCUT2D eigenvalue weighted by molar-refractivity contribution is 7.13. The summed E-state index contributed by atoms with van der Waals surface area (Å²) in [5.41, 5.74) is 10.5. The van der Waals surface area contributed by atoms with Crippen molar-refractivity contribution in [3.05, 3.63) is 41.0 Å². The van der Waals surface area contributed by atoms with Crippen LogP contribution >= 0.6 is 11.3 Å². The van der Waals surface area contributed by atoms with Crippen molar-refractivity contribution in [2.45, 2.75) is 39.3 Å². The van der Waals surface area contributed by atoms with Crippen LogP contribution in [0.15, 0.2) is 29.6 Å². The van der Waals surface area contributed by atoms with Gasteiger partial charge in [0.15, 0.2) is 5.82 Å². The van der Waals surface area contributed by atoms with Crippen LogP contribution < -0.4 is 10.5 Å². The molecule has 3 aromatic rings. The van der Waals surface area contributed by atoms with Gasteiger partial charge < -0.3 is 19.9 Å². The first-order chi connectivity index (χ1) is 13.7. The molecule has 0 radical (unpaired) electrons. The first-order valence-corrected chi connectivity index (χ1v) is 10.5. The molecule has 2 N–H and O–H groups in total. The number of carbonyl (C=O) groups excluding carboxylic acids is 1. The maximum Gasteiger partial charge on any atom is 0.290 e. The van der Waals surface area contributed by atoms with Gasteiger partial charge in [-0.05, 0) is 56.3 Å². The summed E-state index contributed by atoms with van der Waals surface area (Å²) < 4.78 is 7.46. The fraction of sp³-hybridized carbons (Fsp3) is 0.364. The lowest BCUT2D eigenvalue weighted by Crippen LogP contribution is -2.43. The van der Waals surface area contributed by atoms with Gasteiger partial charge in [-0.1, -0.05) is 6.07 Å². The Morgan fingerprint density at radius 3 is 2.72 bits per heavy atom. The third-order valence-electron chi connectivity index (χ3n) is 5.54. The molecule has 4 rings (SSSR count). The number of hydrogen-bond acceptors (Lipinski definition) is 5. The molecule has 0 bridgehead atoms. The first kappa shape index (κ1) is 19.5. The highest BCUT2D eigenvalue weighted by Gasteiger charge is 2.33. The lowest BCUT2D eigenvalue weighted by Gasteiger charge is -2.32. The van der Waals surface area contributed by atoms with Crippen molar-refractivity contribution in [1.29, 1.82) is 0 Å². The predicted octanol–water partition coefficient (Wildman–Crippen LogP) is 4.30. The van der Waals surface area contributed by atoms with E-state index in [1.807, 2.05) is 62.0 Å². The fourth-order valence-electron chi connectivity index (χ4n) is 3.62. The molecule has 0 aliphatic carbocycles. The van der Waals surface area contributed by atoms with Gasteiger partial charge in [0, 0.05) is 24.7 Å². The first-order valence-electron chi connectivity index (χ1n) is 9.61. The minimum Gasteiger partial charge on any atom is -0.495 e.